The second-order valence-corrected chi connectivity index (χ2v) is 4.92. The minimum Gasteiger partial charge on any atom is -0.351 e. The van der Waals surface area contributed by atoms with E-state index in [9.17, 15) is 4.79 Å². The molecule has 0 fully saturated rings. The molecule has 1 amide bonds. The summed E-state index contributed by atoms with van der Waals surface area (Å²) in [6.07, 6.45) is 0. The minimum atomic E-state index is -0.0787. The van der Waals surface area contributed by atoms with Gasteiger partial charge in [0.05, 0.1) is 12.5 Å². The first-order valence-electron chi connectivity index (χ1n) is 5.15. The maximum Gasteiger partial charge on any atom is 0.224 e. The highest BCUT2D eigenvalue weighted by Gasteiger charge is 2.19. The van der Waals surface area contributed by atoms with Gasteiger partial charge in [-0.05, 0) is 17.4 Å². The van der Waals surface area contributed by atoms with E-state index >= 15 is 0 Å². The number of nitrogens with two attached hydrogens (primary N) is 1. The van der Waals surface area contributed by atoms with Gasteiger partial charge in [0.1, 0.15) is 0 Å². The molecular formula is C11H18N2OS. The number of thiophene rings is 1. The molecule has 1 heterocycles. The molecule has 1 aromatic rings. The summed E-state index contributed by atoms with van der Waals surface area (Å²) in [6.45, 7) is 5.05. The molecule has 3 N–H and O–H groups in total. The zero-order valence-electron chi connectivity index (χ0n) is 9.19. The van der Waals surface area contributed by atoms with Gasteiger partial charge in [0.15, 0.2) is 0 Å². The topological polar surface area (TPSA) is 55.1 Å². The number of rotatable bonds is 5. The molecule has 0 saturated carbocycles. The van der Waals surface area contributed by atoms with E-state index in [0.717, 1.165) is 0 Å². The third kappa shape index (κ3) is 3.64. The maximum absolute atomic E-state index is 11.7. The van der Waals surface area contributed by atoms with E-state index in [2.05, 4.69) is 5.32 Å². The summed E-state index contributed by atoms with van der Waals surface area (Å²) in [5.74, 6) is 0.268. The van der Waals surface area contributed by atoms with Crippen LogP contribution in [0.3, 0.4) is 0 Å². The number of amides is 1. The number of carbonyl (C=O) groups excluding carboxylic acids is 1. The van der Waals surface area contributed by atoms with Crippen molar-refractivity contribution >= 4 is 17.2 Å². The Morgan fingerprint density at radius 3 is 2.80 bits per heavy atom. The molecule has 0 saturated heterocycles. The molecular weight excluding hydrogens is 208 g/mol. The Morgan fingerprint density at radius 1 is 1.60 bits per heavy atom. The van der Waals surface area contributed by atoms with Crippen molar-refractivity contribution in [3.63, 3.8) is 0 Å². The molecule has 0 bridgehead atoms. The first kappa shape index (κ1) is 12.2. The van der Waals surface area contributed by atoms with Crippen LogP contribution < -0.4 is 11.1 Å². The van der Waals surface area contributed by atoms with Crippen molar-refractivity contribution in [1.29, 1.82) is 0 Å². The third-order valence-corrected chi connectivity index (χ3v) is 3.29. The van der Waals surface area contributed by atoms with Gasteiger partial charge in [-0.3, -0.25) is 4.79 Å². The molecule has 1 aromatic heterocycles. The Morgan fingerprint density at radius 2 is 2.33 bits per heavy atom. The lowest BCUT2D eigenvalue weighted by atomic mass is 9.95. The maximum atomic E-state index is 11.7. The predicted octanol–water partition coefficient (Wildman–Crippen LogP) is 1.60. The fourth-order valence-electron chi connectivity index (χ4n) is 1.40. The Bertz CT molecular complexity index is 296. The molecule has 0 aliphatic carbocycles. The molecule has 15 heavy (non-hydrogen) atoms. The van der Waals surface area contributed by atoms with Crippen molar-refractivity contribution < 1.29 is 4.79 Å². The SMILES string of the molecule is CC(C)C(CN)C(=O)NCc1cccs1. The average molecular weight is 226 g/mol. The van der Waals surface area contributed by atoms with Crippen LogP contribution in [0.25, 0.3) is 0 Å². The zero-order valence-corrected chi connectivity index (χ0v) is 10.0. The monoisotopic (exact) mass is 226 g/mol. The molecule has 1 unspecified atom stereocenters. The smallest absolute Gasteiger partial charge is 0.224 e. The summed E-state index contributed by atoms with van der Waals surface area (Å²) < 4.78 is 0. The van der Waals surface area contributed by atoms with E-state index in [1.807, 2.05) is 31.4 Å². The van der Waals surface area contributed by atoms with Crippen LogP contribution >= 0.6 is 11.3 Å². The van der Waals surface area contributed by atoms with Crippen LogP contribution in [0.15, 0.2) is 17.5 Å². The van der Waals surface area contributed by atoms with Crippen molar-refractivity contribution in [2.24, 2.45) is 17.6 Å². The Kier molecular flexibility index (Phi) is 4.78. The molecule has 1 atom stereocenters. The van der Waals surface area contributed by atoms with E-state index < -0.39 is 0 Å². The summed E-state index contributed by atoms with van der Waals surface area (Å²) in [5, 5.41) is 4.91. The zero-order chi connectivity index (χ0) is 11.3. The first-order chi connectivity index (χ1) is 7.15. The van der Waals surface area contributed by atoms with Crippen molar-refractivity contribution in [1.82, 2.24) is 5.32 Å². The van der Waals surface area contributed by atoms with E-state index in [0.29, 0.717) is 19.0 Å². The van der Waals surface area contributed by atoms with Gasteiger partial charge < -0.3 is 11.1 Å². The fraction of sp³-hybridized carbons (Fsp3) is 0.545. The number of carbonyl (C=O) groups is 1. The van der Waals surface area contributed by atoms with Crippen molar-refractivity contribution in [2.75, 3.05) is 6.54 Å². The van der Waals surface area contributed by atoms with E-state index in [-0.39, 0.29) is 11.8 Å². The van der Waals surface area contributed by atoms with Crippen LogP contribution in [-0.4, -0.2) is 12.5 Å². The first-order valence-corrected chi connectivity index (χ1v) is 6.03. The highest BCUT2D eigenvalue weighted by molar-refractivity contribution is 7.09. The van der Waals surface area contributed by atoms with E-state index in [1.54, 1.807) is 11.3 Å². The molecule has 1 rings (SSSR count). The van der Waals surface area contributed by atoms with Crippen molar-refractivity contribution in [3.8, 4) is 0 Å². The summed E-state index contributed by atoms with van der Waals surface area (Å²) in [4.78, 5) is 12.9. The molecule has 84 valence electrons. The molecule has 0 spiro atoms. The van der Waals surface area contributed by atoms with E-state index in [1.165, 1.54) is 4.88 Å². The quantitative estimate of drug-likeness (QED) is 0.801. The number of hydrogen-bond acceptors (Lipinski definition) is 3. The highest BCUT2D eigenvalue weighted by atomic mass is 32.1. The molecule has 0 aliphatic heterocycles. The molecule has 4 heteroatoms. The number of hydrogen-bond donors (Lipinski definition) is 2. The van der Waals surface area contributed by atoms with Gasteiger partial charge in [-0.15, -0.1) is 11.3 Å². The second-order valence-electron chi connectivity index (χ2n) is 3.88. The van der Waals surface area contributed by atoms with Gasteiger partial charge in [-0.25, -0.2) is 0 Å². The van der Waals surface area contributed by atoms with Gasteiger partial charge in [-0.1, -0.05) is 19.9 Å². The second kappa shape index (κ2) is 5.88. The number of nitrogens with one attached hydrogen (secondary N) is 1. The summed E-state index contributed by atoms with van der Waals surface area (Å²) in [6, 6.07) is 3.99. The average Bonchev–Trinajstić information content (AvgIpc) is 2.67. The van der Waals surface area contributed by atoms with Crippen LogP contribution in [0.5, 0.6) is 0 Å². The summed E-state index contributed by atoms with van der Waals surface area (Å²) >= 11 is 1.65. The lowest BCUT2D eigenvalue weighted by Crippen LogP contribution is -2.37. The third-order valence-electron chi connectivity index (χ3n) is 2.41. The largest absolute Gasteiger partial charge is 0.351 e. The molecule has 0 aromatic carbocycles. The van der Waals surface area contributed by atoms with Gasteiger partial charge >= 0.3 is 0 Å². The van der Waals surface area contributed by atoms with Crippen molar-refractivity contribution in [2.45, 2.75) is 20.4 Å². The van der Waals surface area contributed by atoms with E-state index in [4.69, 9.17) is 5.73 Å². The standard InChI is InChI=1S/C11H18N2OS/c1-8(2)10(6-12)11(14)13-7-9-4-3-5-15-9/h3-5,8,10H,6-7,12H2,1-2H3,(H,13,14). The van der Waals surface area contributed by atoms with Crippen LogP contribution in [0, 0.1) is 11.8 Å². The van der Waals surface area contributed by atoms with Gasteiger partial charge in [0.25, 0.3) is 0 Å². The fourth-order valence-corrected chi connectivity index (χ4v) is 2.05. The lowest BCUT2D eigenvalue weighted by Gasteiger charge is -2.17. The highest BCUT2D eigenvalue weighted by Crippen LogP contribution is 2.11. The Labute approximate surface area is 94.7 Å². The molecule has 0 aliphatic rings. The normalized spacial score (nSPS) is 12.8. The van der Waals surface area contributed by atoms with Gasteiger partial charge in [0, 0.05) is 11.4 Å². The van der Waals surface area contributed by atoms with Crippen LogP contribution in [0.4, 0.5) is 0 Å². The van der Waals surface area contributed by atoms with Crippen LogP contribution in [0.1, 0.15) is 18.7 Å². The van der Waals surface area contributed by atoms with Crippen LogP contribution in [0.2, 0.25) is 0 Å². The van der Waals surface area contributed by atoms with Gasteiger partial charge in [0.2, 0.25) is 5.91 Å². The predicted molar refractivity (Wildman–Crippen MR) is 63.5 cm³/mol. The molecule has 0 radical (unpaired) electrons. The molecule has 3 nitrogen and oxygen atoms in total. The lowest BCUT2D eigenvalue weighted by molar-refractivity contribution is -0.126. The Hall–Kier alpha value is -0.870. The summed E-state index contributed by atoms with van der Waals surface area (Å²) in [5.41, 5.74) is 5.57. The van der Waals surface area contributed by atoms with Gasteiger partial charge in [-0.2, -0.15) is 0 Å². The summed E-state index contributed by atoms with van der Waals surface area (Å²) in [7, 11) is 0. The minimum absolute atomic E-state index is 0.0564. The van der Waals surface area contributed by atoms with Crippen LogP contribution in [-0.2, 0) is 11.3 Å². The van der Waals surface area contributed by atoms with Crippen molar-refractivity contribution in [3.05, 3.63) is 22.4 Å². The Balaban J connectivity index is 2.41.